The Hall–Kier alpha value is -3.68. The zero-order valence-corrected chi connectivity index (χ0v) is 17.9. The van der Waals surface area contributed by atoms with Gasteiger partial charge in [-0.1, -0.05) is 24.3 Å². The molecule has 160 valence electrons. The fraction of sp³-hybridized carbons (Fsp3) is 0.304. The number of hydrogen-bond donors (Lipinski definition) is 0. The molecule has 1 aliphatic heterocycles. The first-order valence-electron chi connectivity index (χ1n) is 10.1. The number of carbonyl (C=O) groups excluding carboxylic acids is 2. The molecule has 1 aliphatic rings. The molecule has 2 heterocycles. The molecule has 0 spiro atoms. The van der Waals surface area contributed by atoms with E-state index in [2.05, 4.69) is 10.1 Å². The van der Waals surface area contributed by atoms with E-state index in [0.29, 0.717) is 30.9 Å². The molecule has 31 heavy (non-hydrogen) atoms. The van der Waals surface area contributed by atoms with Crippen LogP contribution < -0.4 is 4.74 Å². The van der Waals surface area contributed by atoms with Crippen molar-refractivity contribution in [2.24, 2.45) is 0 Å². The summed E-state index contributed by atoms with van der Waals surface area (Å²) in [5.74, 6) is 0.460. The van der Waals surface area contributed by atoms with Gasteiger partial charge in [-0.05, 0) is 44.2 Å². The van der Waals surface area contributed by atoms with E-state index in [1.165, 1.54) is 6.33 Å². The van der Waals surface area contributed by atoms with E-state index in [4.69, 9.17) is 4.74 Å². The van der Waals surface area contributed by atoms with Gasteiger partial charge in [0.15, 0.2) is 0 Å². The van der Waals surface area contributed by atoms with Crippen LogP contribution in [0.4, 0.5) is 0 Å². The molecule has 1 saturated heterocycles. The van der Waals surface area contributed by atoms with Gasteiger partial charge in [0, 0.05) is 25.2 Å². The number of piperazine rings is 1. The number of hydrogen-bond acceptors (Lipinski definition) is 5. The fourth-order valence-electron chi connectivity index (χ4n) is 3.83. The summed E-state index contributed by atoms with van der Waals surface area (Å²) in [6.07, 6.45) is 1.54. The van der Waals surface area contributed by atoms with Crippen molar-refractivity contribution in [1.82, 2.24) is 24.6 Å². The minimum absolute atomic E-state index is 0.0782. The quantitative estimate of drug-likeness (QED) is 0.650. The summed E-state index contributed by atoms with van der Waals surface area (Å²) in [5, 5.41) is 4.36. The maximum absolute atomic E-state index is 13.2. The Morgan fingerprint density at radius 2 is 1.77 bits per heavy atom. The molecular formula is C23H25N5O3. The van der Waals surface area contributed by atoms with Crippen molar-refractivity contribution in [3.63, 3.8) is 0 Å². The minimum atomic E-state index is -0.567. The Morgan fingerprint density at radius 1 is 1.00 bits per heavy atom. The molecule has 4 rings (SSSR count). The molecule has 0 N–H and O–H groups in total. The number of ether oxygens (including phenoxy) is 1. The third-order valence-electron chi connectivity index (χ3n) is 5.45. The number of carbonyl (C=O) groups is 2. The standard InChI is InChI=1S/C23H25N5O3/c1-23(2)15-26(21(29)17-8-7-11-19(14-17)31-3)12-13-27(23)22(30)20-24-16-28(25-20)18-9-5-4-6-10-18/h4-11,14,16H,12-13,15H2,1-3H3. The van der Waals surface area contributed by atoms with E-state index in [1.54, 1.807) is 45.9 Å². The second kappa shape index (κ2) is 8.22. The number of para-hydroxylation sites is 1. The molecule has 0 bridgehead atoms. The maximum atomic E-state index is 13.2. The average Bonchev–Trinajstić information content (AvgIpc) is 3.28. The van der Waals surface area contributed by atoms with Crippen LogP contribution in [0.2, 0.25) is 0 Å². The summed E-state index contributed by atoms with van der Waals surface area (Å²) in [6, 6.07) is 16.6. The van der Waals surface area contributed by atoms with Gasteiger partial charge in [-0.15, -0.1) is 5.10 Å². The van der Waals surface area contributed by atoms with Gasteiger partial charge in [-0.25, -0.2) is 9.67 Å². The monoisotopic (exact) mass is 419 g/mol. The molecule has 0 atom stereocenters. The lowest BCUT2D eigenvalue weighted by molar-refractivity contribution is 0.0160. The van der Waals surface area contributed by atoms with Gasteiger partial charge in [0.05, 0.1) is 18.3 Å². The third kappa shape index (κ3) is 4.14. The topological polar surface area (TPSA) is 80.6 Å². The van der Waals surface area contributed by atoms with Crippen molar-refractivity contribution in [2.75, 3.05) is 26.7 Å². The molecule has 0 aliphatic carbocycles. The zero-order chi connectivity index (χ0) is 22.0. The predicted octanol–water partition coefficient (Wildman–Crippen LogP) is 2.65. The lowest BCUT2D eigenvalue weighted by Gasteiger charge is -2.46. The van der Waals surface area contributed by atoms with Crippen LogP contribution in [0.5, 0.6) is 5.75 Å². The van der Waals surface area contributed by atoms with Crippen molar-refractivity contribution in [2.45, 2.75) is 19.4 Å². The molecular weight excluding hydrogens is 394 g/mol. The van der Waals surface area contributed by atoms with Crippen LogP contribution in [0.3, 0.4) is 0 Å². The summed E-state index contributed by atoms with van der Waals surface area (Å²) >= 11 is 0. The van der Waals surface area contributed by atoms with Crippen molar-refractivity contribution in [3.8, 4) is 11.4 Å². The van der Waals surface area contributed by atoms with Crippen molar-refractivity contribution >= 4 is 11.8 Å². The van der Waals surface area contributed by atoms with Gasteiger partial charge in [-0.2, -0.15) is 0 Å². The predicted molar refractivity (Wildman–Crippen MR) is 115 cm³/mol. The van der Waals surface area contributed by atoms with E-state index in [0.717, 1.165) is 5.69 Å². The van der Waals surface area contributed by atoms with E-state index >= 15 is 0 Å². The Labute approximate surface area is 181 Å². The Bertz CT molecular complexity index is 1090. The number of benzene rings is 2. The zero-order valence-electron chi connectivity index (χ0n) is 17.9. The van der Waals surface area contributed by atoms with Gasteiger partial charge >= 0.3 is 0 Å². The van der Waals surface area contributed by atoms with Crippen molar-refractivity contribution in [3.05, 3.63) is 72.3 Å². The highest BCUT2D eigenvalue weighted by Gasteiger charge is 2.40. The molecule has 2 amide bonds. The summed E-state index contributed by atoms with van der Waals surface area (Å²) in [6.45, 7) is 5.15. The number of methoxy groups -OCH3 is 1. The Morgan fingerprint density at radius 3 is 2.48 bits per heavy atom. The first kappa shape index (κ1) is 20.6. The third-order valence-corrected chi connectivity index (χ3v) is 5.45. The number of aromatic nitrogens is 3. The van der Waals surface area contributed by atoms with Crippen LogP contribution in [-0.4, -0.2) is 68.7 Å². The van der Waals surface area contributed by atoms with Crippen molar-refractivity contribution < 1.29 is 14.3 Å². The molecule has 8 heteroatoms. The van der Waals surface area contributed by atoms with Gasteiger partial charge in [0.1, 0.15) is 12.1 Å². The second-order valence-corrected chi connectivity index (χ2v) is 8.08. The molecule has 0 saturated carbocycles. The normalized spacial score (nSPS) is 15.6. The van der Waals surface area contributed by atoms with Crippen LogP contribution in [0.25, 0.3) is 5.69 Å². The van der Waals surface area contributed by atoms with E-state index in [-0.39, 0.29) is 17.6 Å². The molecule has 8 nitrogen and oxygen atoms in total. The van der Waals surface area contributed by atoms with E-state index < -0.39 is 5.54 Å². The average molecular weight is 419 g/mol. The van der Waals surface area contributed by atoms with Crippen LogP contribution in [0.1, 0.15) is 34.8 Å². The van der Waals surface area contributed by atoms with Crippen LogP contribution in [-0.2, 0) is 0 Å². The highest BCUT2D eigenvalue weighted by molar-refractivity contribution is 5.95. The highest BCUT2D eigenvalue weighted by atomic mass is 16.5. The minimum Gasteiger partial charge on any atom is -0.497 e. The van der Waals surface area contributed by atoms with Crippen LogP contribution in [0, 0.1) is 0 Å². The lowest BCUT2D eigenvalue weighted by Crippen LogP contribution is -2.62. The summed E-state index contributed by atoms with van der Waals surface area (Å²) in [4.78, 5) is 33.9. The largest absolute Gasteiger partial charge is 0.497 e. The first-order valence-corrected chi connectivity index (χ1v) is 10.1. The first-order chi connectivity index (χ1) is 14.9. The van der Waals surface area contributed by atoms with E-state index in [9.17, 15) is 9.59 Å². The van der Waals surface area contributed by atoms with Crippen molar-refractivity contribution in [1.29, 1.82) is 0 Å². The number of rotatable bonds is 4. The molecule has 1 fully saturated rings. The van der Waals surface area contributed by atoms with Crippen LogP contribution >= 0.6 is 0 Å². The van der Waals surface area contributed by atoms with Gasteiger partial charge in [0.25, 0.3) is 11.8 Å². The highest BCUT2D eigenvalue weighted by Crippen LogP contribution is 2.25. The van der Waals surface area contributed by atoms with Gasteiger partial charge in [0.2, 0.25) is 5.82 Å². The summed E-state index contributed by atoms with van der Waals surface area (Å²) in [7, 11) is 1.57. The maximum Gasteiger partial charge on any atom is 0.294 e. The molecule has 0 unspecified atom stereocenters. The lowest BCUT2D eigenvalue weighted by atomic mass is 9.97. The molecule has 2 aromatic carbocycles. The van der Waals surface area contributed by atoms with Gasteiger partial charge < -0.3 is 14.5 Å². The number of amides is 2. The smallest absolute Gasteiger partial charge is 0.294 e. The SMILES string of the molecule is COc1cccc(C(=O)N2CCN(C(=O)c3ncn(-c4ccccc4)n3)C(C)(C)C2)c1. The Kier molecular flexibility index (Phi) is 5.46. The van der Waals surface area contributed by atoms with Crippen LogP contribution in [0.15, 0.2) is 60.9 Å². The Balaban J connectivity index is 1.49. The second-order valence-electron chi connectivity index (χ2n) is 8.08. The van der Waals surface area contributed by atoms with E-state index in [1.807, 2.05) is 44.2 Å². The fourth-order valence-corrected chi connectivity index (χ4v) is 3.83. The molecule has 0 radical (unpaired) electrons. The van der Waals surface area contributed by atoms with Gasteiger partial charge in [-0.3, -0.25) is 9.59 Å². The number of nitrogens with zero attached hydrogens (tertiary/aromatic N) is 5. The summed E-state index contributed by atoms with van der Waals surface area (Å²) < 4.78 is 6.81. The molecule has 3 aromatic rings. The summed E-state index contributed by atoms with van der Waals surface area (Å²) in [5.41, 5.74) is 0.836. The molecule has 1 aromatic heterocycles.